The molecule has 0 spiro atoms. The number of benzene rings is 3. The highest BCUT2D eigenvalue weighted by Crippen LogP contribution is 2.21. The summed E-state index contributed by atoms with van der Waals surface area (Å²) in [6.45, 7) is 1.87. The summed E-state index contributed by atoms with van der Waals surface area (Å²) in [4.78, 5) is 13.0. The van der Waals surface area contributed by atoms with Gasteiger partial charge in [0.25, 0.3) is 5.91 Å². The summed E-state index contributed by atoms with van der Waals surface area (Å²) in [7, 11) is -3.56. The van der Waals surface area contributed by atoms with E-state index in [2.05, 4.69) is 5.32 Å². The molecule has 1 heterocycles. The van der Waals surface area contributed by atoms with Crippen LogP contribution < -0.4 is 10.1 Å². The van der Waals surface area contributed by atoms with Crippen LogP contribution in [0, 0.1) is 5.82 Å². The number of ether oxygens (including phenoxy) is 2. The maximum absolute atomic E-state index is 13.1. The molecule has 0 atom stereocenters. The van der Waals surface area contributed by atoms with Gasteiger partial charge in [-0.2, -0.15) is 4.31 Å². The van der Waals surface area contributed by atoms with Gasteiger partial charge in [0.15, 0.2) is 0 Å². The van der Waals surface area contributed by atoms with Crippen molar-refractivity contribution in [1.82, 2.24) is 9.62 Å². The summed E-state index contributed by atoms with van der Waals surface area (Å²) >= 11 is 0. The lowest BCUT2D eigenvalue weighted by atomic mass is 10.1. The zero-order valence-electron chi connectivity index (χ0n) is 18.4. The monoisotopic (exact) mass is 484 g/mol. The number of hydrogen-bond acceptors (Lipinski definition) is 5. The maximum Gasteiger partial charge on any atom is 0.255 e. The van der Waals surface area contributed by atoms with Crippen molar-refractivity contribution in [3.8, 4) is 5.75 Å². The Morgan fingerprint density at radius 1 is 0.941 bits per heavy atom. The molecule has 4 rings (SSSR count). The van der Waals surface area contributed by atoms with E-state index in [0.29, 0.717) is 37.6 Å². The number of rotatable bonds is 8. The first-order valence-electron chi connectivity index (χ1n) is 10.8. The van der Waals surface area contributed by atoms with E-state index in [1.54, 1.807) is 60.7 Å². The SMILES string of the molecule is O=C(NCc1ccc(S(=O)(=O)N2CCOCC2)cc1)c1ccccc1OCc1ccc(F)cc1. The number of hydrogen-bond donors (Lipinski definition) is 1. The lowest BCUT2D eigenvalue weighted by molar-refractivity contribution is 0.0730. The van der Waals surface area contributed by atoms with Crippen LogP contribution in [0.25, 0.3) is 0 Å². The molecule has 0 aliphatic carbocycles. The van der Waals surface area contributed by atoms with E-state index < -0.39 is 10.0 Å². The van der Waals surface area contributed by atoms with Gasteiger partial charge < -0.3 is 14.8 Å². The molecule has 178 valence electrons. The van der Waals surface area contributed by atoms with Crippen LogP contribution in [-0.2, 0) is 27.9 Å². The second kappa shape index (κ2) is 10.8. The predicted molar refractivity (Wildman–Crippen MR) is 124 cm³/mol. The quantitative estimate of drug-likeness (QED) is 0.530. The van der Waals surface area contributed by atoms with Gasteiger partial charge in [0, 0.05) is 19.6 Å². The number of morpholine rings is 1. The number of sulfonamides is 1. The molecule has 3 aromatic rings. The zero-order chi connectivity index (χ0) is 24.0. The van der Waals surface area contributed by atoms with Crippen LogP contribution in [0.3, 0.4) is 0 Å². The Hall–Kier alpha value is -3.27. The highest BCUT2D eigenvalue weighted by Gasteiger charge is 2.26. The fourth-order valence-electron chi connectivity index (χ4n) is 3.51. The molecular formula is C25H25FN2O5S. The topological polar surface area (TPSA) is 84.9 Å². The van der Waals surface area contributed by atoms with Crippen LogP contribution in [0.5, 0.6) is 5.75 Å². The normalized spacial score (nSPS) is 14.5. The van der Waals surface area contributed by atoms with Gasteiger partial charge >= 0.3 is 0 Å². The summed E-state index contributed by atoms with van der Waals surface area (Å²) in [6, 6.07) is 19.3. The number of halogens is 1. The first kappa shape index (κ1) is 23.9. The average molecular weight is 485 g/mol. The Morgan fingerprint density at radius 2 is 1.59 bits per heavy atom. The Labute approximate surface area is 198 Å². The number of carbonyl (C=O) groups excluding carboxylic acids is 1. The van der Waals surface area contributed by atoms with E-state index in [-0.39, 0.29) is 29.8 Å². The average Bonchev–Trinajstić information content (AvgIpc) is 2.88. The third-order valence-corrected chi connectivity index (χ3v) is 7.34. The van der Waals surface area contributed by atoms with E-state index in [4.69, 9.17) is 9.47 Å². The molecule has 0 radical (unpaired) electrons. The maximum atomic E-state index is 13.1. The van der Waals surface area contributed by atoms with Crippen LogP contribution in [0.2, 0.25) is 0 Å². The number of amides is 1. The molecule has 0 unspecified atom stereocenters. The molecule has 9 heteroatoms. The van der Waals surface area contributed by atoms with Crippen molar-refractivity contribution in [1.29, 1.82) is 0 Å². The zero-order valence-corrected chi connectivity index (χ0v) is 19.3. The minimum atomic E-state index is -3.56. The van der Waals surface area contributed by atoms with Crippen molar-refractivity contribution < 1.29 is 27.1 Å². The van der Waals surface area contributed by atoms with Crippen LogP contribution in [0.15, 0.2) is 77.7 Å². The third kappa shape index (κ3) is 5.80. The van der Waals surface area contributed by atoms with Gasteiger partial charge in [0.1, 0.15) is 18.2 Å². The molecule has 1 aliphatic rings. The van der Waals surface area contributed by atoms with Crippen molar-refractivity contribution in [2.24, 2.45) is 0 Å². The number of para-hydroxylation sites is 1. The summed E-state index contributed by atoms with van der Waals surface area (Å²) < 4.78 is 51.0. The number of nitrogens with one attached hydrogen (secondary N) is 1. The molecule has 0 saturated carbocycles. The Morgan fingerprint density at radius 3 is 2.29 bits per heavy atom. The van der Waals surface area contributed by atoms with Crippen LogP contribution in [0.1, 0.15) is 21.5 Å². The smallest absolute Gasteiger partial charge is 0.255 e. The van der Waals surface area contributed by atoms with Crippen molar-refractivity contribution in [3.63, 3.8) is 0 Å². The number of carbonyl (C=O) groups is 1. The minimum Gasteiger partial charge on any atom is -0.488 e. The molecule has 1 aliphatic heterocycles. The van der Waals surface area contributed by atoms with Crippen LogP contribution in [-0.4, -0.2) is 44.9 Å². The van der Waals surface area contributed by atoms with Gasteiger partial charge in [-0.15, -0.1) is 0 Å². The van der Waals surface area contributed by atoms with Crippen molar-refractivity contribution in [2.45, 2.75) is 18.0 Å². The molecule has 1 N–H and O–H groups in total. The highest BCUT2D eigenvalue weighted by molar-refractivity contribution is 7.89. The fraction of sp³-hybridized carbons (Fsp3) is 0.240. The minimum absolute atomic E-state index is 0.198. The van der Waals surface area contributed by atoms with Gasteiger partial charge in [-0.25, -0.2) is 12.8 Å². The molecule has 7 nitrogen and oxygen atoms in total. The Bertz CT molecular complexity index is 1220. The molecule has 3 aromatic carbocycles. The van der Waals surface area contributed by atoms with E-state index in [1.165, 1.54) is 16.4 Å². The Balaban J connectivity index is 1.37. The summed E-state index contributed by atoms with van der Waals surface area (Å²) in [5, 5.41) is 2.84. The molecule has 0 bridgehead atoms. The van der Waals surface area contributed by atoms with E-state index in [9.17, 15) is 17.6 Å². The standard InChI is InChI=1S/C25H25FN2O5S/c26-21-9-5-20(6-10-21)18-33-24-4-2-1-3-23(24)25(29)27-17-19-7-11-22(12-8-19)34(30,31)28-13-15-32-16-14-28/h1-12H,13-18H2,(H,27,29). The summed E-state index contributed by atoms with van der Waals surface area (Å²) in [5.41, 5.74) is 1.92. The van der Waals surface area contributed by atoms with Crippen molar-refractivity contribution in [2.75, 3.05) is 26.3 Å². The van der Waals surface area contributed by atoms with E-state index in [0.717, 1.165) is 11.1 Å². The second-order valence-electron chi connectivity index (χ2n) is 7.75. The number of nitrogens with zero attached hydrogens (tertiary/aromatic N) is 1. The van der Waals surface area contributed by atoms with Gasteiger partial charge in [-0.1, -0.05) is 36.4 Å². The second-order valence-corrected chi connectivity index (χ2v) is 9.69. The largest absolute Gasteiger partial charge is 0.488 e. The van der Waals surface area contributed by atoms with Gasteiger partial charge in [0.05, 0.1) is 23.7 Å². The molecular weight excluding hydrogens is 459 g/mol. The van der Waals surface area contributed by atoms with E-state index >= 15 is 0 Å². The molecule has 1 amide bonds. The Kier molecular flexibility index (Phi) is 7.56. The lowest BCUT2D eigenvalue weighted by Crippen LogP contribution is -2.40. The molecule has 1 fully saturated rings. The summed E-state index contributed by atoms with van der Waals surface area (Å²) in [5.74, 6) is -0.230. The molecule has 1 saturated heterocycles. The van der Waals surface area contributed by atoms with E-state index in [1.807, 2.05) is 0 Å². The highest BCUT2D eigenvalue weighted by atomic mass is 32.2. The van der Waals surface area contributed by atoms with Crippen molar-refractivity contribution in [3.05, 3.63) is 95.3 Å². The van der Waals surface area contributed by atoms with Crippen LogP contribution >= 0.6 is 0 Å². The summed E-state index contributed by atoms with van der Waals surface area (Å²) in [6.07, 6.45) is 0. The van der Waals surface area contributed by atoms with Gasteiger partial charge in [-0.05, 0) is 47.5 Å². The first-order valence-corrected chi connectivity index (χ1v) is 12.3. The fourth-order valence-corrected chi connectivity index (χ4v) is 4.92. The van der Waals surface area contributed by atoms with Crippen molar-refractivity contribution >= 4 is 15.9 Å². The third-order valence-electron chi connectivity index (χ3n) is 5.42. The first-order chi connectivity index (χ1) is 16.4. The van der Waals surface area contributed by atoms with Gasteiger partial charge in [0.2, 0.25) is 10.0 Å². The van der Waals surface area contributed by atoms with Gasteiger partial charge in [-0.3, -0.25) is 4.79 Å². The lowest BCUT2D eigenvalue weighted by Gasteiger charge is -2.26. The predicted octanol–water partition coefficient (Wildman–Crippen LogP) is 3.36. The molecule has 0 aromatic heterocycles. The molecule has 34 heavy (non-hydrogen) atoms. The van der Waals surface area contributed by atoms with Crippen LogP contribution in [0.4, 0.5) is 4.39 Å².